The van der Waals surface area contributed by atoms with E-state index in [4.69, 9.17) is 0 Å². The smallest absolute Gasteiger partial charge is 0.253 e. The van der Waals surface area contributed by atoms with Crippen molar-refractivity contribution in [2.75, 3.05) is 38.3 Å². The van der Waals surface area contributed by atoms with Crippen molar-refractivity contribution in [2.24, 2.45) is 0 Å². The fourth-order valence-electron chi connectivity index (χ4n) is 1.51. The lowest BCUT2D eigenvalue weighted by Gasteiger charge is -2.12. The maximum atomic E-state index is 11.5. The van der Waals surface area contributed by atoms with Gasteiger partial charge in [-0.1, -0.05) is 0 Å². The summed E-state index contributed by atoms with van der Waals surface area (Å²) in [6.45, 7) is 0.804. The Labute approximate surface area is 99.3 Å². The summed E-state index contributed by atoms with van der Waals surface area (Å²) >= 11 is 0. The summed E-state index contributed by atoms with van der Waals surface area (Å²) in [5, 5.41) is 5.06. The molecule has 0 radical (unpaired) electrons. The van der Waals surface area contributed by atoms with Crippen molar-refractivity contribution >= 4 is 17.3 Å². The number of rotatable bonds is 6. The lowest BCUT2D eigenvalue weighted by atomic mass is 10.2. The molecular weight excluding hydrogens is 222 g/mol. The minimum Gasteiger partial charge on any atom is -0.383 e. The summed E-state index contributed by atoms with van der Waals surface area (Å²) in [4.78, 5) is 35.7. The van der Waals surface area contributed by atoms with E-state index in [1.807, 2.05) is 19.0 Å². The Kier molecular flexibility index (Phi) is 4.39. The molecule has 0 heterocycles. The Morgan fingerprint density at radius 3 is 2.29 bits per heavy atom. The molecule has 0 spiro atoms. The number of nitrogens with zero attached hydrogens (tertiary/aromatic N) is 1. The third-order valence-electron chi connectivity index (χ3n) is 2.43. The van der Waals surface area contributed by atoms with Gasteiger partial charge in [0, 0.05) is 13.5 Å². The van der Waals surface area contributed by atoms with Gasteiger partial charge in [0.15, 0.2) is 0 Å². The number of hydrogen-bond acceptors (Lipinski definition) is 5. The molecule has 94 valence electrons. The molecule has 1 aromatic carbocycles. The lowest BCUT2D eigenvalue weighted by molar-refractivity contribution is -0.116. The lowest BCUT2D eigenvalue weighted by Crippen LogP contribution is -2.38. The van der Waals surface area contributed by atoms with E-state index >= 15 is 0 Å². The maximum Gasteiger partial charge on any atom is 0.253 e. The Hall–Kier alpha value is -1.69. The molecule has 0 aromatic heterocycles. The highest BCUT2D eigenvalue weighted by atomic mass is 16.2. The summed E-state index contributed by atoms with van der Waals surface area (Å²) in [7, 11) is 5.39. The van der Waals surface area contributed by atoms with Gasteiger partial charge in [-0.05, 0) is 27.1 Å². The molecule has 0 unspecified atom stereocenters. The fraction of sp³-hybridized carbons (Fsp3) is 0.545. The number of carbonyl (C=O) groups is 1. The van der Waals surface area contributed by atoms with E-state index < -0.39 is 10.9 Å². The zero-order valence-electron chi connectivity index (χ0n) is 10.3. The normalized spacial score (nSPS) is 10.8. The first kappa shape index (κ1) is 13.4. The van der Waals surface area contributed by atoms with Gasteiger partial charge < -0.3 is 15.5 Å². The Morgan fingerprint density at radius 2 is 1.76 bits per heavy atom. The third-order valence-corrected chi connectivity index (χ3v) is 2.43. The molecule has 1 aromatic rings. The first-order valence-electron chi connectivity index (χ1n) is 5.43. The van der Waals surface area contributed by atoms with Gasteiger partial charge in [-0.15, -0.1) is 0 Å². The summed E-state index contributed by atoms with van der Waals surface area (Å²) in [5.41, 5.74) is -0.922. The van der Waals surface area contributed by atoms with Gasteiger partial charge in [-0.3, -0.25) is 14.4 Å². The average molecular weight is 239 g/mol. The molecule has 6 nitrogen and oxygen atoms in total. The number of amides is 1. The zero-order valence-corrected chi connectivity index (χ0v) is 10.3. The van der Waals surface area contributed by atoms with Crippen LogP contribution in [0.15, 0.2) is 9.59 Å². The van der Waals surface area contributed by atoms with Crippen molar-refractivity contribution in [3.63, 3.8) is 0 Å². The van der Waals surface area contributed by atoms with Crippen LogP contribution in [0.2, 0.25) is 0 Å². The van der Waals surface area contributed by atoms with Crippen molar-refractivity contribution < 1.29 is 4.79 Å². The van der Waals surface area contributed by atoms with Crippen molar-refractivity contribution in [2.45, 2.75) is 12.8 Å². The van der Waals surface area contributed by atoms with Crippen LogP contribution in [0.1, 0.15) is 12.8 Å². The molecule has 0 saturated heterocycles. The predicted octanol–water partition coefficient (Wildman–Crippen LogP) is -0.395. The third kappa shape index (κ3) is 3.13. The van der Waals surface area contributed by atoms with Gasteiger partial charge in [0.2, 0.25) is 5.91 Å². The number of nitrogens with one attached hydrogen (secondary N) is 2. The van der Waals surface area contributed by atoms with Crippen LogP contribution in [0, 0.1) is 0 Å². The first-order valence-corrected chi connectivity index (χ1v) is 5.43. The molecule has 0 fully saturated rings. The Balaban J connectivity index is 2.49. The number of hydrogen-bond donors (Lipinski definition) is 2. The van der Waals surface area contributed by atoms with Gasteiger partial charge in [0.1, 0.15) is 11.4 Å². The fourth-order valence-corrected chi connectivity index (χ4v) is 1.51. The summed E-state index contributed by atoms with van der Waals surface area (Å²) in [6, 6.07) is 0. The standard InChI is InChI=1S/C11H17N3O3/c1-12-8-9(11(17)10(8)16)13-7(15)5-4-6-14(2)3/h12H,4-6H2,1-3H3,(H,13,15). The molecule has 1 rings (SSSR count). The molecule has 1 amide bonds. The highest BCUT2D eigenvalue weighted by molar-refractivity contribution is 5.95. The van der Waals surface area contributed by atoms with Gasteiger partial charge >= 0.3 is 0 Å². The summed E-state index contributed by atoms with van der Waals surface area (Å²) in [5.74, 6) is -0.240. The van der Waals surface area contributed by atoms with Crippen LogP contribution in [0.5, 0.6) is 0 Å². The van der Waals surface area contributed by atoms with E-state index in [0.29, 0.717) is 12.8 Å². The largest absolute Gasteiger partial charge is 0.383 e. The van der Waals surface area contributed by atoms with E-state index in [0.717, 1.165) is 6.54 Å². The average Bonchev–Trinajstić information content (AvgIpc) is 2.27. The minimum absolute atomic E-state index is 0.0901. The van der Waals surface area contributed by atoms with Gasteiger partial charge in [0.25, 0.3) is 10.9 Å². The predicted molar refractivity (Wildman–Crippen MR) is 67.3 cm³/mol. The second-order valence-electron chi connectivity index (χ2n) is 4.11. The molecule has 0 aliphatic rings. The quantitative estimate of drug-likeness (QED) is 0.661. The second kappa shape index (κ2) is 5.58. The molecule has 0 aliphatic heterocycles. The monoisotopic (exact) mass is 239 g/mol. The van der Waals surface area contributed by atoms with Crippen LogP contribution in [-0.2, 0) is 4.79 Å². The van der Waals surface area contributed by atoms with Gasteiger partial charge in [-0.2, -0.15) is 0 Å². The van der Waals surface area contributed by atoms with Crippen LogP contribution < -0.4 is 21.5 Å². The topological polar surface area (TPSA) is 78.5 Å². The Morgan fingerprint density at radius 1 is 1.18 bits per heavy atom. The summed E-state index contributed by atoms with van der Waals surface area (Å²) < 4.78 is 0. The molecule has 0 atom stereocenters. The van der Waals surface area contributed by atoms with Crippen LogP contribution in [0.4, 0.5) is 11.4 Å². The van der Waals surface area contributed by atoms with Crippen LogP contribution >= 0.6 is 0 Å². The van der Waals surface area contributed by atoms with Crippen molar-refractivity contribution in [3.8, 4) is 0 Å². The van der Waals surface area contributed by atoms with Crippen molar-refractivity contribution in [3.05, 3.63) is 20.4 Å². The zero-order chi connectivity index (χ0) is 13.0. The molecule has 17 heavy (non-hydrogen) atoms. The molecule has 6 heteroatoms. The van der Waals surface area contributed by atoms with Crippen LogP contribution in [0.25, 0.3) is 0 Å². The molecule has 2 N–H and O–H groups in total. The highest BCUT2D eigenvalue weighted by Crippen LogP contribution is 2.13. The van der Waals surface area contributed by atoms with E-state index in [-0.39, 0.29) is 17.3 Å². The number of carbonyl (C=O) groups excluding carboxylic acids is 1. The van der Waals surface area contributed by atoms with Gasteiger partial charge in [-0.25, -0.2) is 0 Å². The van der Waals surface area contributed by atoms with E-state index in [1.54, 1.807) is 0 Å². The number of anilines is 2. The molecular formula is C11H17N3O3. The van der Waals surface area contributed by atoms with Crippen LogP contribution in [-0.4, -0.2) is 38.5 Å². The van der Waals surface area contributed by atoms with Crippen molar-refractivity contribution in [1.29, 1.82) is 0 Å². The second-order valence-corrected chi connectivity index (χ2v) is 4.11. The van der Waals surface area contributed by atoms with Gasteiger partial charge in [0.05, 0.1) is 0 Å². The SMILES string of the molecule is CNc1c(NC(=O)CCCN(C)C)c(=O)c1=O. The molecule has 0 aliphatic carbocycles. The summed E-state index contributed by atoms with van der Waals surface area (Å²) in [6.07, 6.45) is 1.04. The minimum atomic E-state index is -0.629. The first-order chi connectivity index (χ1) is 7.97. The van der Waals surface area contributed by atoms with Crippen molar-refractivity contribution in [1.82, 2.24) is 4.90 Å². The molecule has 0 bridgehead atoms. The van der Waals surface area contributed by atoms with E-state index in [9.17, 15) is 14.4 Å². The van der Waals surface area contributed by atoms with E-state index in [2.05, 4.69) is 10.6 Å². The maximum absolute atomic E-state index is 11.5. The Bertz CT molecular complexity index is 472. The highest BCUT2D eigenvalue weighted by Gasteiger charge is 2.21. The van der Waals surface area contributed by atoms with Crippen LogP contribution in [0.3, 0.4) is 0 Å². The van der Waals surface area contributed by atoms with E-state index in [1.165, 1.54) is 7.05 Å². The molecule has 0 saturated carbocycles.